The quantitative estimate of drug-likeness (QED) is 0.344. The van der Waals surface area contributed by atoms with E-state index in [1.165, 1.54) is 23.9 Å². The molecule has 7 heteroatoms. The molecule has 0 spiro atoms. The molecule has 1 heterocycles. The number of nitrogens with zero attached hydrogens (tertiary/aromatic N) is 2. The normalized spacial score (nSPS) is 11.1. The number of benzene rings is 2. The van der Waals surface area contributed by atoms with E-state index in [2.05, 4.69) is 10.5 Å². The molecule has 0 saturated carbocycles. The van der Waals surface area contributed by atoms with Crippen molar-refractivity contribution in [1.29, 1.82) is 0 Å². The third kappa shape index (κ3) is 5.03. The lowest BCUT2D eigenvalue weighted by molar-refractivity contribution is -0.118. The molecule has 0 aliphatic carbocycles. The van der Waals surface area contributed by atoms with Crippen molar-refractivity contribution in [3.63, 3.8) is 0 Å². The van der Waals surface area contributed by atoms with E-state index >= 15 is 0 Å². The summed E-state index contributed by atoms with van der Waals surface area (Å²) in [6, 6.07) is 15.6. The molecule has 4 nitrogen and oxygen atoms in total. The van der Waals surface area contributed by atoms with Crippen molar-refractivity contribution in [2.45, 2.75) is 18.7 Å². The molecule has 0 aliphatic heterocycles. The van der Waals surface area contributed by atoms with Crippen LogP contribution in [-0.4, -0.2) is 22.4 Å². The fraction of sp³-hybridized carbons (Fsp3) is 0.143. The van der Waals surface area contributed by atoms with Crippen LogP contribution in [0.25, 0.3) is 5.69 Å². The number of carbonyl (C=O) groups excluding carboxylic acids is 1. The Kier molecular flexibility index (Phi) is 6.54. The number of hydrogen-bond acceptors (Lipinski definition) is 3. The second kappa shape index (κ2) is 9.08. The van der Waals surface area contributed by atoms with Crippen LogP contribution in [0.5, 0.6) is 0 Å². The average Bonchev–Trinajstić information content (AvgIpc) is 2.96. The number of hydrazone groups is 1. The summed E-state index contributed by atoms with van der Waals surface area (Å²) in [5, 5.41) is 4.72. The van der Waals surface area contributed by atoms with Gasteiger partial charge < -0.3 is 4.57 Å². The summed E-state index contributed by atoms with van der Waals surface area (Å²) in [6.45, 7) is 3.92. The number of hydrogen-bond donors (Lipinski definition) is 1. The van der Waals surface area contributed by atoms with E-state index in [-0.39, 0.29) is 17.5 Å². The van der Waals surface area contributed by atoms with Crippen LogP contribution in [-0.2, 0) is 4.79 Å². The number of carbonyl (C=O) groups is 1. The summed E-state index contributed by atoms with van der Waals surface area (Å²) in [4.78, 5) is 12.9. The number of thioether (sulfide) groups is 1. The van der Waals surface area contributed by atoms with Gasteiger partial charge in [0.25, 0.3) is 0 Å². The molecule has 1 aromatic heterocycles. The van der Waals surface area contributed by atoms with Gasteiger partial charge in [-0.1, -0.05) is 11.6 Å². The Morgan fingerprint density at radius 3 is 2.54 bits per heavy atom. The average molecular weight is 416 g/mol. The predicted molar refractivity (Wildman–Crippen MR) is 113 cm³/mol. The second-order valence-corrected chi connectivity index (χ2v) is 7.66. The highest BCUT2D eigenvalue weighted by Gasteiger charge is 2.09. The van der Waals surface area contributed by atoms with Crippen LogP contribution >= 0.6 is 23.4 Å². The Morgan fingerprint density at radius 2 is 1.86 bits per heavy atom. The Labute approximate surface area is 172 Å². The standard InChI is InChI=1S/C21H19ClFN3OS/c1-14-11-16(15(2)26(14)19-7-5-18(23)6-8-19)12-24-25-21(27)13-28-20-9-3-17(22)4-10-20/h3-12H,13H2,1-2H3,(H,25,27)/b24-12-. The van der Waals surface area contributed by atoms with Crippen LogP contribution in [0.1, 0.15) is 17.0 Å². The van der Waals surface area contributed by atoms with Gasteiger partial charge in [0.15, 0.2) is 0 Å². The van der Waals surface area contributed by atoms with Gasteiger partial charge >= 0.3 is 0 Å². The van der Waals surface area contributed by atoms with Crippen LogP contribution in [0.3, 0.4) is 0 Å². The van der Waals surface area contributed by atoms with Gasteiger partial charge in [0.1, 0.15) is 5.82 Å². The summed E-state index contributed by atoms with van der Waals surface area (Å²) in [5.74, 6) is -0.205. The van der Waals surface area contributed by atoms with E-state index < -0.39 is 0 Å². The number of aryl methyl sites for hydroxylation is 1. The van der Waals surface area contributed by atoms with Gasteiger partial charge in [-0.2, -0.15) is 5.10 Å². The van der Waals surface area contributed by atoms with Crippen LogP contribution < -0.4 is 5.43 Å². The lowest BCUT2D eigenvalue weighted by Crippen LogP contribution is -2.19. The largest absolute Gasteiger partial charge is 0.318 e. The number of halogens is 2. The molecule has 28 heavy (non-hydrogen) atoms. The number of nitrogens with one attached hydrogen (secondary N) is 1. The van der Waals surface area contributed by atoms with Crippen molar-refractivity contribution in [2.75, 3.05) is 5.75 Å². The number of rotatable bonds is 6. The van der Waals surface area contributed by atoms with Crippen LogP contribution in [0, 0.1) is 19.7 Å². The lowest BCUT2D eigenvalue weighted by Gasteiger charge is -2.09. The van der Waals surface area contributed by atoms with Crippen molar-refractivity contribution in [1.82, 2.24) is 9.99 Å². The van der Waals surface area contributed by atoms with E-state index in [0.717, 1.165) is 27.5 Å². The summed E-state index contributed by atoms with van der Waals surface area (Å²) >= 11 is 7.26. The third-order valence-corrected chi connectivity index (χ3v) is 5.40. The first-order valence-electron chi connectivity index (χ1n) is 8.59. The Bertz CT molecular complexity index is 998. The minimum Gasteiger partial charge on any atom is -0.318 e. The van der Waals surface area contributed by atoms with Gasteiger partial charge in [-0.15, -0.1) is 11.8 Å². The smallest absolute Gasteiger partial charge is 0.250 e. The van der Waals surface area contributed by atoms with E-state index in [4.69, 9.17) is 11.6 Å². The first-order valence-corrected chi connectivity index (χ1v) is 9.95. The van der Waals surface area contributed by atoms with E-state index in [1.54, 1.807) is 30.5 Å². The van der Waals surface area contributed by atoms with Gasteiger partial charge in [0.2, 0.25) is 5.91 Å². The Morgan fingerprint density at radius 1 is 1.18 bits per heavy atom. The topological polar surface area (TPSA) is 46.4 Å². The summed E-state index contributed by atoms with van der Waals surface area (Å²) in [7, 11) is 0. The highest BCUT2D eigenvalue weighted by atomic mass is 35.5. The fourth-order valence-electron chi connectivity index (χ4n) is 2.79. The van der Waals surface area contributed by atoms with Crippen molar-refractivity contribution in [3.8, 4) is 5.69 Å². The van der Waals surface area contributed by atoms with Crippen molar-refractivity contribution in [3.05, 3.63) is 82.4 Å². The molecular formula is C21H19ClFN3OS. The minimum atomic E-state index is -0.271. The molecule has 2 aromatic carbocycles. The molecule has 0 saturated heterocycles. The zero-order valence-corrected chi connectivity index (χ0v) is 17.0. The number of amides is 1. The van der Waals surface area contributed by atoms with Crippen molar-refractivity contribution in [2.24, 2.45) is 5.10 Å². The van der Waals surface area contributed by atoms with Crippen LogP contribution in [0.4, 0.5) is 4.39 Å². The maximum absolute atomic E-state index is 13.2. The van der Waals surface area contributed by atoms with Crippen molar-refractivity contribution < 1.29 is 9.18 Å². The molecule has 144 valence electrons. The summed E-state index contributed by atoms with van der Waals surface area (Å²) in [6.07, 6.45) is 1.62. The minimum absolute atomic E-state index is 0.191. The zero-order valence-electron chi connectivity index (χ0n) is 15.4. The summed E-state index contributed by atoms with van der Waals surface area (Å²) in [5.41, 5.74) is 6.25. The van der Waals surface area contributed by atoms with E-state index in [9.17, 15) is 9.18 Å². The molecule has 0 aliphatic rings. The molecular weight excluding hydrogens is 397 g/mol. The molecule has 1 amide bonds. The maximum Gasteiger partial charge on any atom is 0.250 e. The van der Waals surface area contributed by atoms with Crippen molar-refractivity contribution >= 4 is 35.5 Å². The first kappa shape index (κ1) is 20.2. The lowest BCUT2D eigenvalue weighted by atomic mass is 10.2. The van der Waals surface area contributed by atoms with E-state index in [1.807, 2.05) is 36.6 Å². The van der Waals surface area contributed by atoms with Gasteiger partial charge in [-0.05, 0) is 68.4 Å². The third-order valence-electron chi connectivity index (χ3n) is 4.13. The molecule has 3 aromatic rings. The molecule has 0 unspecified atom stereocenters. The van der Waals surface area contributed by atoms with Crippen LogP contribution in [0.2, 0.25) is 5.02 Å². The number of aromatic nitrogens is 1. The van der Waals surface area contributed by atoms with Crippen LogP contribution in [0.15, 0.2) is 64.6 Å². The maximum atomic E-state index is 13.2. The van der Waals surface area contributed by atoms with Gasteiger partial charge in [0, 0.05) is 32.6 Å². The second-order valence-electron chi connectivity index (χ2n) is 6.17. The predicted octanol–water partition coefficient (Wildman–Crippen LogP) is 5.13. The molecule has 0 bridgehead atoms. The Hall–Kier alpha value is -2.57. The van der Waals surface area contributed by atoms with Gasteiger partial charge in [-0.3, -0.25) is 4.79 Å². The highest BCUT2D eigenvalue weighted by Crippen LogP contribution is 2.21. The summed E-state index contributed by atoms with van der Waals surface area (Å²) < 4.78 is 15.2. The van der Waals surface area contributed by atoms with Gasteiger partial charge in [-0.25, -0.2) is 9.82 Å². The Balaban J connectivity index is 1.61. The van der Waals surface area contributed by atoms with E-state index in [0.29, 0.717) is 5.02 Å². The molecule has 0 fully saturated rings. The molecule has 0 radical (unpaired) electrons. The fourth-order valence-corrected chi connectivity index (χ4v) is 3.61. The SMILES string of the molecule is Cc1cc(/C=N\NC(=O)CSc2ccc(Cl)cc2)c(C)n1-c1ccc(F)cc1. The monoisotopic (exact) mass is 415 g/mol. The molecule has 0 atom stereocenters. The first-order chi connectivity index (χ1) is 13.4. The molecule has 3 rings (SSSR count). The highest BCUT2D eigenvalue weighted by molar-refractivity contribution is 8.00. The molecule has 1 N–H and O–H groups in total. The van der Waals surface area contributed by atoms with Gasteiger partial charge in [0.05, 0.1) is 12.0 Å². The zero-order chi connectivity index (χ0) is 20.1.